The molecule has 0 unspecified atom stereocenters. The van der Waals surface area contributed by atoms with Crippen molar-refractivity contribution in [3.8, 4) is 0 Å². The van der Waals surface area contributed by atoms with E-state index in [1.807, 2.05) is 54.7 Å². The molecule has 1 N–H and O–H groups in total. The van der Waals surface area contributed by atoms with Crippen LogP contribution in [0.5, 0.6) is 0 Å². The lowest BCUT2D eigenvalue weighted by Gasteiger charge is -2.43. The Morgan fingerprint density at radius 3 is 2.45 bits per heavy atom. The molecule has 3 rings (SSSR count). The van der Waals surface area contributed by atoms with Gasteiger partial charge in [0, 0.05) is 41.8 Å². The fraction of sp³-hybridized carbons (Fsp3) is 0.727. The van der Waals surface area contributed by atoms with E-state index in [1.165, 1.54) is 5.56 Å². The number of pyridine rings is 1. The van der Waals surface area contributed by atoms with Crippen molar-refractivity contribution in [2.45, 2.75) is 84.1 Å². The summed E-state index contributed by atoms with van der Waals surface area (Å²) < 4.78 is 21.6. The quantitative estimate of drug-likeness (QED) is 0.729. The van der Waals surface area contributed by atoms with Gasteiger partial charge in [0.25, 0.3) is 0 Å². The van der Waals surface area contributed by atoms with Crippen LogP contribution in [0.15, 0.2) is 12.3 Å². The SMILES string of the molecule is Cc1cc2c(cn1)[C@@H](N[S@+]([O-])C(C)(C)C)C1(CCN(C(=O)OC(C)(C)C)CC1)C2. The molecule has 1 aliphatic heterocycles. The summed E-state index contributed by atoms with van der Waals surface area (Å²) >= 11 is -1.18. The van der Waals surface area contributed by atoms with Crippen LogP contribution in [0.4, 0.5) is 4.79 Å². The zero-order chi connectivity index (χ0) is 21.6. The molecular weight excluding hydrogens is 386 g/mol. The van der Waals surface area contributed by atoms with Crippen molar-refractivity contribution in [1.82, 2.24) is 14.6 Å². The number of aryl methyl sites for hydroxylation is 1. The molecule has 1 aliphatic carbocycles. The number of fused-ring (bicyclic) bond motifs is 1. The first kappa shape index (κ1) is 22.4. The van der Waals surface area contributed by atoms with Crippen LogP contribution in [-0.4, -0.2) is 44.0 Å². The van der Waals surface area contributed by atoms with Crippen LogP contribution < -0.4 is 4.72 Å². The van der Waals surface area contributed by atoms with Gasteiger partial charge in [-0.3, -0.25) is 4.98 Å². The minimum atomic E-state index is -1.18. The standard InChI is InChI=1S/C22H35N3O3S/c1-15-12-16-13-22(8-10-25(11-9-22)19(26)28-20(2,3)4)18(17(16)14-23-15)24-29(27)21(5,6)7/h12,14,18,24H,8-11,13H2,1-7H3/t18-,29-/m1/s1. The van der Waals surface area contributed by atoms with E-state index in [4.69, 9.17) is 4.74 Å². The fourth-order valence-corrected chi connectivity index (χ4v) is 5.19. The number of hydrogen-bond donors (Lipinski definition) is 1. The van der Waals surface area contributed by atoms with E-state index in [0.717, 1.165) is 30.5 Å². The van der Waals surface area contributed by atoms with Crippen molar-refractivity contribution in [2.24, 2.45) is 5.41 Å². The van der Waals surface area contributed by atoms with Gasteiger partial charge in [0.15, 0.2) is 0 Å². The fourth-order valence-electron chi connectivity index (χ4n) is 4.25. The Kier molecular flexibility index (Phi) is 5.98. The Hall–Kier alpha value is -1.31. The lowest BCUT2D eigenvalue weighted by molar-refractivity contribution is 0.00715. The Balaban J connectivity index is 1.81. The molecule has 2 atom stereocenters. The first-order valence-corrected chi connectivity index (χ1v) is 11.6. The molecule has 6 nitrogen and oxygen atoms in total. The van der Waals surface area contributed by atoms with Crippen LogP contribution in [0.2, 0.25) is 0 Å². The van der Waals surface area contributed by atoms with Crippen LogP contribution >= 0.6 is 0 Å². The molecule has 0 radical (unpaired) electrons. The molecule has 1 fully saturated rings. The first-order chi connectivity index (χ1) is 13.3. The second-order valence-corrected chi connectivity index (χ2v) is 12.5. The highest BCUT2D eigenvalue weighted by Crippen LogP contribution is 2.52. The molecule has 1 spiro atoms. The number of carbonyl (C=O) groups is 1. The minimum Gasteiger partial charge on any atom is -0.598 e. The molecule has 0 aromatic carbocycles. The molecule has 0 bridgehead atoms. The van der Waals surface area contributed by atoms with Gasteiger partial charge in [-0.05, 0) is 84.9 Å². The van der Waals surface area contributed by atoms with Crippen molar-refractivity contribution in [2.75, 3.05) is 13.1 Å². The topological polar surface area (TPSA) is 77.5 Å². The van der Waals surface area contributed by atoms with E-state index in [-0.39, 0.29) is 22.3 Å². The van der Waals surface area contributed by atoms with E-state index in [0.29, 0.717) is 13.1 Å². The summed E-state index contributed by atoms with van der Waals surface area (Å²) in [5.74, 6) is 0. The molecule has 2 heterocycles. The summed E-state index contributed by atoms with van der Waals surface area (Å²) in [6.45, 7) is 14.9. The van der Waals surface area contributed by atoms with Crippen molar-refractivity contribution >= 4 is 17.5 Å². The molecule has 1 aromatic heterocycles. The lowest BCUT2D eigenvalue weighted by atomic mass is 9.73. The minimum absolute atomic E-state index is 0.0218. The van der Waals surface area contributed by atoms with E-state index in [2.05, 4.69) is 15.8 Å². The molecule has 162 valence electrons. The summed E-state index contributed by atoms with van der Waals surface area (Å²) in [5.41, 5.74) is 2.89. The Morgan fingerprint density at radius 1 is 1.28 bits per heavy atom. The van der Waals surface area contributed by atoms with Gasteiger partial charge < -0.3 is 14.2 Å². The second-order valence-electron chi connectivity index (χ2n) is 10.5. The van der Waals surface area contributed by atoms with Crippen LogP contribution in [0.1, 0.15) is 77.2 Å². The highest BCUT2D eigenvalue weighted by molar-refractivity contribution is 7.90. The Labute approximate surface area is 178 Å². The number of hydrogen-bond acceptors (Lipinski definition) is 5. The predicted octanol–water partition coefficient (Wildman–Crippen LogP) is 4.06. The summed E-state index contributed by atoms with van der Waals surface area (Å²) in [4.78, 5) is 18.8. The third-order valence-corrected chi connectivity index (χ3v) is 7.38. The van der Waals surface area contributed by atoms with E-state index < -0.39 is 17.0 Å². The van der Waals surface area contributed by atoms with Crippen LogP contribution in [0, 0.1) is 12.3 Å². The maximum Gasteiger partial charge on any atom is 0.410 e. The maximum absolute atomic E-state index is 12.9. The maximum atomic E-state index is 12.9. The molecule has 1 saturated heterocycles. The molecule has 1 aromatic rings. The lowest BCUT2D eigenvalue weighted by Crippen LogP contribution is -2.51. The van der Waals surface area contributed by atoms with E-state index >= 15 is 0 Å². The number of carbonyl (C=O) groups excluding carboxylic acids is 1. The number of aromatic nitrogens is 1. The smallest absolute Gasteiger partial charge is 0.410 e. The number of nitrogens with zero attached hydrogens (tertiary/aromatic N) is 2. The monoisotopic (exact) mass is 421 g/mol. The zero-order valence-corrected chi connectivity index (χ0v) is 19.6. The van der Waals surface area contributed by atoms with Gasteiger partial charge in [-0.15, -0.1) is 4.72 Å². The van der Waals surface area contributed by atoms with Crippen molar-refractivity contribution in [3.63, 3.8) is 0 Å². The third-order valence-electron chi connectivity index (χ3n) is 5.82. The van der Waals surface area contributed by atoms with Gasteiger partial charge in [0.1, 0.15) is 10.3 Å². The van der Waals surface area contributed by atoms with Gasteiger partial charge in [-0.2, -0.15) is 0 Å². The number of nitrogens with one attached hydrogen (secondary N) is 1. The normalized spacial score (nSPS) is 22.5. The molecular formula is C22H35N3O3S. The van der Waals surface area contributed by atoms with Gasteiger partial charge in [0.2, 0.25) is 0 Å². The molecule has 29 heavy (non-hydrogen) atoms. The Bertz CT molecular complexity index is 762. The number of piperidine rings is 1. The van der Waals surface area contributed by atoms with Crippen molar-refractivity contribution in [3.05, 3.63) is 29.1 Å². The zero-order valence-electron chi connectivity index (χ0n) is 18.8. The average molecular weight is 422 g/mol. The molecule has 1 amide bonds. The largest absolute Gasteiger partial charge is 0.598 e. The van der Waals surface area contributed by atoms with E-state index in [9.17, 15) is 9.35 Å². The molecule has 0 saturated carbocycles. The summed E-state index contributed by atoms with van der Waals surface area (Å²) in [7, 11) is 0. The van der Waals surface area contributed by atoms with Crippen molar-refractivity contribution in [1.29, 1.82) is 0 Å². The molecule has 2 aliphatic rings. The highest BCUT2D eigenvalue weighted by Gasteiger charge is 2.51. The second kappa shape index (κ2) is 7.75. The predicted molar refractivity (Wildman–Crippen MR) is 116 cm³/mol. The van der Waals surface area contributed by atoms with Gasteiger partial charge >= 0.3 is 6.09 Å². The highest BCUT2D eigenvalue weighted by atomic mass is 32.2. The number of likely N-dealkylation sites (tertiary alicyclic amines) is 1. The third kappa shape index (κ3) is 4.89. The van der Waals surface area contributed by atoms with Gasteiger partial charge in [0.05, 0.1) is 6.04 Å². The van der Waals surface area contributed by atoms with Gasteiger partial charge in [-0.25, -0.2) is 4.79 Å². The number of rotatable bonds is 2. The Morgan fingerprint density at radius 2 is 1.90 bits per heavy atom. The number of amides is 1. The van der Waals surface area contributed by atoms with E-state index in [1.54, 1.807) is 4.90 Å². The summed E-state index contributed by atoms with van der Waals surface area (Å²) in [6, 6.07) is 2.13. The summed E-state index contributed by atoms with van der Waals surface area (Å²) in [6.07, 6.45) is 4.31. The molecule has 7 heteroatoms. The van der Waals surface area contributed by atoms with Crippen molar-refractivity contribution < 1.29 is 14.1 Å². The number of ether oxygens (including phenoxy) is 1. The summed E-state index contributed by atoms with van der Waals surface area (Å²) in [5, 5.41) is 0. The van der Waals surface area contributed by atoms with Gasteiger partial charge in [-0.1, -0.05) is 0 Å². The van der Waals surface area contributed by atoms with Crippen LogP contribution in [0.3, 0.4) is 0 Å². The van der Waals surface area contributed by atoms with Crippen LogP contribution in [0.25, 0.3) is 0 Å². The van der Waals surface area contributed by atoms with Crippen LogP contribution in [-0.2, 0) is 22.5 Å². The first-order valence-electron chi connectivity index (χ1n) is 10.4. The average Bonchev–Trinajstić information content (AvgIpc) is 2.85.